The summed E-state index contributed by atoms with van der Waals surface area (Å²) in [5.41, 5.74) is 5.81. The second kappa shape index (κ2) is 5.24. The van der Waals surface area contributed by atoms with E-state index in [-0.39, 0.29) is 23.7 Å². The van der Waals surface area contributed by atoms with Crippen LogP contribution < -0.4 is 10.6 Å². The molecule has 0 saturated carbocycles. The fourth-order valence-corrected chi connectivity index (χ4v) is 2.79. The van der Waals surface area contributed by atoms with Gasteiger partial charge in [-0.2, -0.15) is 0 Å². The molecule has 0 bridgehead atoms. The van der Waals surface area contributed by atoms with E-state index >= 15 is 0 Å². The molecule has 3 heterocycles. The Morgan fingerprint density at radius 2 is 2.23 bits per heavy atom. The van der Waals surface area contributed by atoms with Crippen LogP contribution in [0.4, 0.5) is 11.6 Å². The van der Waals surface area contributed by atoms with Gasteiger partial charge in [0.05, 0.1) is 5.92 Å². The molecule has 22 heavy (non-hydrogen) atoms. The average molecular weight is 304 g/mol. The number of carbonyl (C=O) groups excluding carboxylic acids is 1. The lowest BCUT2D eigenvalue weighted by Gasteiger charge is -2.37. The highest BCUT2D eigenvalue weighted by Gasteiger charge is 2.30. The van der Waals surface area contributed by atoms with Crippen molar-refractivity contribution in [1.82, 2.24) is 14.6 Å². The Bertz CT molecular complexity index is 742. The first kappa shape index (κ1) is 14.2. The molecule has 1 amide bonds. The minimum atomic E-state index is -0.525. The van der Waals surface area contributed by atoms with Crippen LogP contribution in [0.2, 0.25) is 0 Å². The summed E-state index contributed by atoms with van der Waals surface area (Å²) in [6, 6.07) is 3.62. The van der Waals surface area contributed by atoms with E-state index in [1.54, 1.807) is 12.1 Å². The number of amides is 1. The third-order valence-electron chi connectivity index (χ3n) is 4.10. The maximum Gasteiger partial charge on any atom is 0.368 e. The highest BCUT2D eigenvalue weighted by Crippen LogP contribution is 2.27. The van der Waals surface area contributed by atoms with Gasteiger partial charge in [0, 0.05) is 18.7 Å². The number of rotatable bonds is 3. The van der Waals surface area contributed by atoms with Crippen LogP contribution in [0.3, 0.4) is 0 Å². The Kier molecular flexibility index (Phi) is 3.39. The van der Waals surface area contributed by atoms with E-state index in [0.717, 1.165) is 12.8 Å². The van der Waals surface area contributed by atoms with Crippen LogP contribution in [0.5, 0.6) is 0 Å². The van der Waals surface area contributed by atoms with E-state index in [4.69, 9.17) is 5.73 Å². The number of anilines is 1. The van der Waals surface area contributed by atoms with Crippen molar-refractivity contribution in [2.45, 2.75) is 25.8 Å². The number of hydrogen-bond donors (Lipinski definition) is 1. The van der Waals surface area contributed by atoms with Crippen molar-refractivity contribution in [1.29, 1.82) is 0 Å². The number of carbonyl (C=O) groups is 1. The Hall–Kier alpha value is -2.71. The quantitative estimate of drug-likeness (QED) is 0.659. The van der Waals surface area contributed by atoms with Crippen LogP contribution in [0.15, 0.2) is 18.3 Å². The van der Waals surface area contributed by atoms with Gasteiger partial charge in [-0.05, 0) is 30.8 Å². The number of primary amides is 1. The first-order chi connectivity index (χ1) is 10.5. The summed E-state index contributed by atoms with van der Waals surface area (Å²) >= 11 is 0. The van der Waals surface area contributed by atoms with Crippen molar-refractivity contribution in [2.75, 3.05) is 11.4 Å². The van der Waals surface area contributed by atoms with Gasteiger partial charge in [0.25, 0.3) is 0 Å². The van der Waals surface area contributed by atoms with Crippen molar-refractivity contribution in [3.05, 3.63) is 28.4 Å². The summed E-state index contributed by atoms with van der Waals surface area (Å²) < 4.78 is 1.20. The van der Waals surface area contributed by atoms with Crippen LogP contribution in [-0.2, 0) is 4.79 Å². The van der Waals surface area contributed by atoms with E-state index in [2.05, 4.69) is 10.1 Å². The second-order valence-corrected chi connectivity index (χ2v) is 5.51. The number of piperidine rings is 1. The number of nitro groups is 1. The van der Waals surface area contributed by atoms with Crippen molar-refractivity contribution < 1.29 is 9.72 Å². The van der Waals surface area contributed by atoms with Gasteiger partial charge in [-0.25, -0.2) is 4.98 Å². The summed E-state index contributed by atoms with van der Waals surface area (Å²) in [5, 5.41) is 15.3. The molecule has 0 radical (unpaired) electrons. The number of fused-ring (bicyclic) bond motifs is 1. The van der Waals surface area contributed by atoms with Crippen molar-refractivity contribution in [3.8, 4) is 0 Å². The second-order valence-electron chi connectivity index (χ2n) is 5.51. The van der Waals surface area contributed by atoms with Crippen LogP contribution >= 0.6 is 0 Å². The third-order valence-corrected chi connectivity index (χ3v) is 4.10. The zero-order valence-electron chi connectivity index (χ0n) is 12.0. The lowest BCUT2D eigenvalue weighted by molar-refractivity contribution is -0.391. The molecule has 9 heteroatoms. The molecule has 116 valence electrons. The zero-order chi connectivity index (χ0) is 15.9. The van der Waals surface area contributed by atoms with Gasteiger partial charge in [0.15, 0.2) is 5.82 Å². The monoisotopic (exact) mass is 304 g/mol. The first-order valence-corrected chi connectivity index (χ1v) is 7.02. The summed E-state index contributed by atoms with van der Waals surface area (Å²) in [6.45, 7) is 2.50. The Morgan fingerprint density at radius 1 is 1.45 bits per heavy atom. The van der Waals surface area contributed by atoms with E-state index in [1.165, 1.54) is 10.7 Å². The lowest BCUT2D eigenvalue weighted by atomic mass is 9.93. The number of nitrogens with two attached hydrogens (primary N) is 1. The molecule has 2 atom stereocenters. The molecule has 1 aliphatic rings. The minimum Gasteiger partial charge on any atom is -0.369 e. The van der Waals surface area contributed by atoms with Gasteiger partial charge in [-0.1, -0.05) is 9.61 Å². The molecule has 0 aromatic carbocycles. The number of imidazole rings is 1. The number of nitrogens with zero attached hydrogens (tertiary/aromatic N) is 5. The maximum absolute atomic E-state index is 11.4. The lowest BCUT2D eigenvalue weighted by Crippen LogP contribution is -2.46. The van der Waals surface area contributed by atoms with Gasteiger partial charge in [0.1, 0.15) is 6.20 Å². The van der Waals surface area contributed by atoms with Crippen molar-refractivity contribution in [3.63, 3.8) is 0 Å². The zero-order valence-corrected chi connectivity index (χ0v) is 12.0. The standard InChI is InChI=1S/C13H16N6O3/c1-8-2-3-9(13(14)20)7-17(8)11-5-4-10-15-6-12(19(21)22)18(10)16-11/h4-6,8-9H,2-3,7H2,1H3,(H2,14,20)/t8-,9-/m0/s1. The first-order valence-electron chi connectivity index (χ1n) is 7.02. The van der Waals surface area contributed by atoms with Gasteiger partial charge in [0.2, 0.25) is 11.6 Å². The largest absolute Gasteiger partial charge is 0.369 e. The van der Waals surface area contributed by atoms with Crippen LogP contribution in [-0.4, -0.2) is 38.0 Å². The molecule has 1 aliphatic heterocycles. The Labute approximate surface area is 125 Å². The van der Waals surface area contributed by atoms with E-state index in [9.17, 15) is 14.9 Å². The van der Waals surface area contributed by atoms with E-state index < -0.39 is 4.92 Å². The summed E-state index contributed by atoms with van der Waals surface area (Å²) in [7, 11) is 0. The summed E-state index contributed by atoms with van der Waals surface area (Å²) in [5.74, 6) is -0.168. The molecule has 1 saturated heterocycles. The third kappa shape index (κ3) is 2.34. The highest BCUT2D eigenvalue weighted by molar-refractivity contribution is 5.77. The van der Waals surface area contributed by atoms with Crippen molar-refractivity contribution in [2.24, 2.45) is 11.7 Å². The van der Waals surface area contributed by atoms with Crippen molar-refractivity contribution >= 4 is 23.2 Å². The molecular weight excluding hydrogens is 288 g/mol. The number of hydrogen-bond acceptors (Lipinski definition) is 6. The SMILES string of the molecule is C[C@H]1CC[C@H](C(N)=O)CN1c1ccc2ncc([N+](=O)[O-])n2n1. The smallest absolute Gasteiger partial charge is 0.368 e. The van der Waals surface area contributed by atoms with Gasteiger partial charge >= 0.3 is 5.82 Å². The molecular formula is C13H16N6O3. The fraction of sp³-hybridized carbons (Fsp3) is 0.462. The molecule has 1 fully saturated rings. The summed E-state index contributed by atoms with van der Waals surface area (Å²) in [4.78, 5) is 27.8. The van der Waals surface area contributed by atoms with E-state index in [1.807, 2.05) is 11.8 Å². The van der Waals surface area contributed by atoms with Gasteiger partial charge in [-0.15, -0.1) is 0 Å². The summed E-state index contributed by atoms with van der Waals surface area (Å²) in [6.07, 6.45) is 2.75. The predicted molar refractivity (Wildman–Crippen MR) is 78.4 cm³/mol. The highest BCUT2D eigenvalue weighted by atomic mass is 16.6. The minimum absolute atomic E-state index is 0.183. The normalized spacial score (nSPS) is 22.0. The molecule has 2 aromatic rings. The average Bonchev–Trinajstić information content (AvgIpc) is 2.90. The molecule has 3 rings (SSSR count). The molecule has 0 spiro atoms. The van der Waals surface area contributed by atoms with E-state index in [0.29, 0.717) is 18.0 Å². The Balaban J connectivity index is 1.99. The fourth-order valence-electron chi connectivity index (χ4n) is 2.79. The van der Waals surface area contributed by atoms with Crippen LogP contribution in [0.1, 0.15) is 19.8 Å². The molecule has 2 N–H and O–H groups in total. The topological polar surface area (TPSA) is 120 Å². The van der Waals surface area contributed by atoms with Gasteiger partial charge < -0.3 is 20.7 Å². The van der Waals surface area contributed by atoms with Crippen LogP contribution in [0.25, 0.3) is 5.65 Å². The molecule has 2 aromatic heterocycles. The molecule has 9 nitrogen and oxygen atoms in total. The van der Waals surface area contributed by atoms with Gasteiger partial charge in [-0.3, -0.25) is 4.79 Å². The molecule has 0 unspecified atom stereocenters. The molecule has 0 aliphatic carbocycles. The predicted octanol–water partition coefficient (Wildman–Crippen LogP) is 0.728. The van der Waals surface area contributed by atoms with Crippen LogP contribution in [0, 0.1) is 16.0 Å². The number of aromatic nitrogens is 3. The maximum atomic E-state index is 11.4. The Morgan fingerprint density at radius 3 is 2.91 bits per heavy atom.